The third kappa shape index (κ3) is 31.6. The quantitative estimate of drug-likeness (QED) is 0.118. The Morgan fingerprint density at radius 1 is 1.80 bits per heavy atom. The van der Waals surface area contributed by atoms with Gasteiger partial charge in [-0.3, -0.25) is 10.2 Å². The molecule has 0 aromatic carbocycles. The van der Waals surface area contributed by atoms with Gasteiger partial charge in [0.25, 0.3) is 5.96 Å². The van der Waals surface area contributed by atoms with E-state index in [0.717, 1.165) is 0 Å². The van der Waals surface area contributed by atoms with Crippen molar-refractivity contribution in [1.82, 2.24) is 0 Å². The molecule has 0 aromatic rings. The van der Waals surface area contributed by atoms with Crippen LogP contribution in [0.3, 0.4) is 0 Å². The summed E-state index contributed by atoms with van der Waals surface area (Å²) in [4.78, 5) is 1.50. The molecule has 0 spiro atoms. The van der Waals surface area contributed by atoms with Crippen molar-refractivity contribution in [3.05, 3.63) is 28.6 Å². The zero-order chi connectivity index (χ0) is 8.41. The maximum absolute atomic E-state index is 6.75. The molecule has 0 fully saturated rings. The smallest absolute Gasteiger partial charge is 0.289 e. The molecule has 0 aliphatic rings. The van der Waals surface area contributed by atoms with Crippen LogP contribution in [0.1, 0.15) is 0 Å². The fraction of sp³-hybridized carbons (Fsp3) is 0.250. The van der Waals surface area contributed by atoms with Crippen molar-refractivity contribution >= 4 is 5.96 Å². The number of rotatable bonds is 2. The molecule has 0 unspecified atom stereocenters. The van der Waals surface area contributed by atoms with Crippen LogP contribution in [-0.2, 0) is 0 Å². The largest absolute Gasteiger partial charge is 0.373 e. The second kappa shape index (κ2) is 10.5. The van der Waals surface area contributed by atoms with Gasteiger partial charge in [-0.2, -0.15) is 0 Å². The Bertz CT molecular complexity index is 133. The highest BCUT2D eigenvalue weighted by molar-refractivity contribution is 5.63. The summed E-state index contributed by atoms with van der Waals surface area (Å²) in [6.45, 7) is 4.14. The third-order valence-electron chi connectivity index (χ3n) is 0.504. The van der Waals surface area contributed by atoms with Crippen molar-refractivity contribution in [2.75, 3.05) is 6.54 Å². The number of quaternary nitrogens is 1. The minimum absolute atomic E-state index is 0.111. The average molecular weight is 142 g/mol. The van der Waals surface area contributed by atoms with E-state index in [-0.39, 0.29) is 5.96 Å². The first-order valence-electron chi connectivity index (χ1n) is 2.45. The summed E-state index contributed by atoms with van der Waals surface area (Å²) < 4.78 is 0. The molecule has 0 amide bonds. The van der Waals surface area contributed by atoms with E-state index < -0.39 is 0 Å². The molecule has 0 heterocycles. The number of guanidine groups is 1. The highest BCUT2D eigenvalue weighted by Crippen LogP contribution is 1.41. The molecule has 0 aromatic heterocycles. The Kier molecular flexibility index (Phi) is 11.8. The summed E-state index contributed by atoms with van der Waals surface area (Å²) in [6, 6.07) is 0. The lowest BCUT2D eigenvalue weighted by molar-refractivity contribution is -0.531. The van der Waals surface area contributed by atoms with Crippen LogP contribution in [0.4, 0.5) is 0 Å². The van der Waals surface area contributed by atoms with Crippen LogP contribution in [0.15, 0.2) is 12.7 Å². The first kappa shape index (κ1) is 11.3. The lowest BCUT2D eigenvalue weighted by Gasteiger charge is -1.87. The maximum atomic E-state index is 6.75. The summed E-state index contributed by atoms with van der Waals surface area (Å²) >= 11 is 0. The van der Waals surface area contributed by atoms with Gasteiger partial charge in [0.05, 0.1) is 0 Å². The summed E-state index contributed by atoms with van der Waals surface area (Å²) in [5, 5.41) is 8.26. The first-order chi connectivity index (χ1) is 4.68. The van der Waals surface area contributed by atoms with Crippen molar-refractivity contribution in [2.24, 2.45) is 5.73 Å². The topological polar surface area (TPSA) is 125 Å². The van der Waals surface area contributed by atoms with E-state index in [1.807, 2.05) is 0 Å². The van der Waals surface area contributed by atoms with Gasteiger partial charge in [0.1, 0.15) is 6.54 Å². The fourth-order valence-corrected chi connectivity index (χ4v) is 0.210. The van der Waals surface area contributed by atoms with Crippen LogP contribution in [0, 0.1) is 5.41 Å². The van der Waals surface area contributed by atoms with E-state index in [2.05, 4.69) is 6.58 Å². The average Bonchev–Trinajstić information content (AvgIpc) is 1.85. The van der Waals surface area contributed by atoms with E-state index in [0.29, 0.717) is 6.54 Å². The Balaban J connectivity index is 0. The summed E-state index contributed by atoms with van der Waals surface area (Å²) in [5.74, 6) is 0.111. The predicted octanol–water partition coefficient (Wildman–Crippen LogP) is -0.505. The third-order valence-corrected chi connectivity index (χ3v) is 0.504. The van der Waals surface area contributed by atoms with Crippen LogP contribution < -0.4 is 11.1 Å². The van der Waals surface area contributed by atoms with Crippen LogP contribution in [0.25, 0.3) is 16.0 Å². The molecule has 5 N–H and O–H groups in total. The number of nitrogens with zero attached hydrogens (tertiary/aromatic N) is 3. The van der Waals surface area contributed by atoms with Crippen LogP contribution in [-0.4, -0.2) is 12.5 Å². The molecule has 0 saturated carbocycles. The predicted molar refractivity (Wildman–Crippen MR) is 39.0 cm³/mol. The van der Waals surface area contributed by atoms with Crippen molar-refractivity contribution < 1.29 is 5.32 Å². The summed E-state index contributed by atoms with van der Waals surface area (Å²) in [6.07, 6.45) is 1.70. The lowest BCUT2D eigenvalue weighted by Crippen LogP contribution is -2.90. The van der Waals surface area contributed by atoms with E-state index in [4.69, 9.17) is 22.2 Å². The lowest BCUT2D eigenvalue weighted by atomic mass is 10.6. The van der Waals surface area contributed by atoms with E-state index in [1.165, 1.54) is 4.91 Å². The number of hydrogen-bond donors (Lipinski definition) is 3. The Morgan fingerprint density at radius 3 is 2.30 bits per heavy atom. The van der Waals surface area contributed by atoms with Gasteiger partial charge in [0.15, 0.2) is 0 Å². The van der Waals surface area contributed by atoms with Gasteiger partial charge in [0.2, 0.25) is 0 Å². The van der Waals surface area contributed by atoms with E-state index in [1.54, 1.807) is 11.4 Å². The minimum Gasteiger partial charge on any atom is -0.373 e. The van der Waals surface area contributed by atoms with Gasteiger partial charge in [-0.15, -0.1) is 0 Å². The van der Waals surface area contributed by atoms with Crippen molar-refractivity contribution in [1.29, 1.82) is 5.41 Å². The zero-order valence-corrected chi connectivity index (χ0v) is 5.49. The molecular formula is C4H10N6. The van der Waals surface area contributed by atoms with Gasteiger partial charge in [0, 0.05) is 0 Å². The maximum Gasteiger partial charge on any atom is 0.289 e. The van der Waals surface area contributed by atoms with Crippen molar-refractivity contribution in [3.63, 3.8) is 0 Å². The second-order valence-electron chi connectivity index (χ2n) is 1.27. The zero-order valence-electron chi connectivity index (χ0n) is 5.49. The van der Waals surface area contributed by atoms with E-state index >= 15 is 0 Å². The summed E-state index contributed by atoms with van der Waals surface area (Å²) in [5.41, 5.74) is 18.5. The van der Waals surface area contributed by atoms with Gasteiger partial charge in [-0.05, 0) is 6.08 Å². The molecule has 56 valence electrons. The molecule has 0 saturated heterocycles. The van der Waals surface area contributed by atoms with Gasteiger partial charge in [-0.1, -0.05) is 6.58 Å². The Hall–Kier alpha value is -1.52. The molecule has 0 aliphatic heterocycles. The molecule has 0 bridgehead atoms. The summed E-state index contributed by atoms with van der Waals surface area (Å²) in [7, 11) is 0. The molecule has 0 radical (unpaired) electrons. The monoisotopic (exact) mass is 142 g/mol. The van der Waals surface area contributed by atoms with Crippen molar-refractivity contribution in [3.8, 4) is 0 Å². The van der Waals surface area contributed by atoms with Crippen LogP contribution in [0.2, 0.25) is 0 Å². The molecule has 10 heavy (non-hydrogen) atoms. The number of nitrogens with one attached hydrogen (secondary N) is 1. The van der Waals surface area contributed by atoms with Gasteiger partial charge in [-0.25, -0.2) is 5.41 Å². The molecule has 0 aliphatic carbocycles. The van der Waals surface area contributed by atoms with Crippen LogP contribution >= 0.6 is 0 Å². The normalized spacial score (nSPS) is 6.40. The highest BCUT2D eigenvalue weighted by atomic mass is 15.0. The van der Waals surface area contributed by atoms with Gasteiger partial charge < -0.3 is 16.8 Å². The standard InChI is InChI=1S/C4H9N3.N3/c1-2-3-7-4(5)6;1-3-2/h2H,1,3H2,(H4,5,6,7);/q;-1/p+1. The first-order valence-corrected chi connectivity index (χ1v) is 2.45. The highest BCUT2D eigenvalue weighted by Gasteiger charge is 1.83. The Labute approximate surface area is 58.6 Å². The van der Waals surface area contributed by atoms with Crippen molar-refractivity contribution in [2.45, 2.75) is 0 Å². The Morgan fingerprint density at radius 2 is 2.20 bits per heavy atom. The molecule has 0 atom stereocenters. The minimum atomic E-state index is 0.111. The molecule has 6 nitrogen and oxygen atoms in total. The molecule has 6 heteroatoms. The van der Waals surface area contributed by atoms with Crippen LogP contribution in [0.5, 0.6) is 0 Å². The molecule has 0 rings (SSSR count). The van der Waals surface area contributed by atoms with E-state index in [9.17, 15) is 0 Å². The molecular weight excluding hydrogens is 132 g/mol. The fourth-order valence-electron chi connectivity index (χ4n) is 0.210. The van der Waals surface area contributed by atoms with Gasteiger partial charge >= 0.3 is 0 Å². The second-order valence-corrected chi connectivity index (χ2v) is 1.27. The SMILES string of the molecule is C=CC[NH2+]C(=N)N.[N-]=[N+]=[N-]. The number of hydrogen-bond acceptors (Lipinski definition) is 1. The number of nitrogens with two attached hydrogens (primary N) is 2.